The standard InChI is InChI=1S/C17H28N2O/c1-3-4-5-6-10-13-18-17(20)15-19(2)14-16-11-8-7-9-12-16/h7-9,11-12H,3-6,10,13-15H2,1-2H3,(H,18,20). The Kier molecular flexibility index (Phi) is 8.72. The molecule has 3 nitrogen and oxygen atoms in total. The van der Waals surface area contributed by atoms with Gasteiger partial charge in [-0.3, -0.25) is 9.69 Å². The zero-order valence-electron chi connectivity index (χ0n) is 12.9. The van der Waals surface area contributed by atoms with Crippen LogP contribution in [0.4, 0.5) is 0 Å². The Morgan fingerprint density at radius 2 is 1.80 bits per heavy atom. The van der Waals surface area contributed by atoms with Crippen LogP contribution in [-0.4, -0.2) is 30.9 Å². The molecule has 20 heavy (non-hydrogen) atoms. The molecule has 0 saturated carbocycles. The second-order valence-electron chi connectivity index (χ2n) is 5.42. The molecule has 0 atom stereocenters. The van der Waals surface area contributed by atoms with Gasteiger partial charge in [0.2, 0.25) is 5.91 Å². The summed E-state index contributed by atoms with van der Waals surface area (Å²) in [5, 5.41) is 3.00. The lowest BCUT2D eigenvalue weighted by Gasteiger charge is -2.16. The van der Waals surface area contributed by atoms with E-state index in [0.717, 1.165) is 19.5 Å². The number of hydrogen-bond acceptors (Lipinski definition) is 2. The molecule has 1 aromatic carbocycles. The Balaban J connectivity index is 2.09. The fourth-order valence-electron chi connectivity index (χ4n) is 2.21. The van der Waals surface area contributed by atoms with Gasteiger partial charge < -0.3 is 5.32 Å². The number of amides is 1. The van der Waals surface area contributed by atoms with Crippen LogP contribution in [0.5, 0.6) is 0 Å². The van der Waals surface area contributed by atoms with Crippen LogP contribution in [0.3, 0.4) is 0 Å². The minimum Gasteiger partial charge on any atom is -0.355 e. The number of carbonyl (C=O) groups is 1. The summed E-state index contributed by atoms with van der Waals surface area (Å²) in [6, 6.07) is 10.2. The van der Waals surface area contributed by atoms with E-state index in [2.05, 4.69) is 24.4 Å². The van der Waals surface area contributed by atoms with Crippen LogP contribution in [-0.2, 0) is 11.3 Å². The second kappa shape index (κ2) is 10.4. The maximum Gasteiger partial charge on any atom is 0.234 e. The summed E-state index contributed by atoms with van der Waals surface area (Å²) < 4.78 is 0. The first kappa shape index (κ1) is 16.7. The van der Waals surface area contributed by atoms with Gasteiger partial charge in [0.15, 0.2) is 0 Å². The summed E-state index contributed by atoms with van der Waals surface area (Å²) in [5.41, 5.74) is 1.24. The molecule has 0 bridgehead atoms. The van der Waals surface area contributed by atoms with Crippen LogP contribution in [0, 0.1) is 0 Å². The van der Waals surface area contributed by atoms with E-state index in [1.165, 1.54) is 31.2 Å². The van der Waals surface area contributed by atoms with Crippen LogP contribution in [0.15, 0.2) is 30.3 Å². The summed E-state index contributed by atoms with van der Waals surface area (Å²) in [7, 11) is 1.98. The van der Waals surface area contributed by atoms with Gasteiger partial charge in [0.1, 0.15) is 0 Å². The monoisotopic (exact) mass is 276 g/mol. The SMILES string of the molecule is CCCCCCCNC(=O)CN(C)Cc1ccccc1. The molecule has 1 aromatic rings. The normalized spacial score (nSPS) is 10.8. The molecular weight excluding hydrogens is 248 g/mol. The lowest BCUT2D eigenvalue weighted by atomic mass is 10.1. The van der Waals surface area contributed by atoms with E-state index >= 15 is 0 Å². The van der Waals surface area contributed by atoms with E-state index in [4.69, 9.17) is 0 Å². The number of hydrogen-bond donors (Lipinski definition) is 1. The van der Waals surface area contributed by atoms with Gasteiger partial charge in [0, 0.05) is 13.1 Å². The molecule has 1 rings (SSSR count). The Morgan fingerprint density at radius 3 is 2.50 bits per heavy atom. The van der Waals surface area contributed by atoms with Gasteiger partial charge in [-0.1, -0.05) is 62.9 Å². The quantitative estimate of drug-likeness (QED) is 0.666. The molecule has 0 aliphatic rings. The number of benzene rings is 1. The van der Waals surface area contributed by atoms with Crippen molar-refractivity contribution >= 4 is 5.91 Å². The van der Waals surface area contributed by atoms with Crippen molar-refractivity contribution in [3.05, 3.63) is 35.9 Å². The van der Waals surface area contributed by atoms with Crippen molar-refractivity contribution in [3.8, 4) is 0 Å². The van der Waals surface area contributed by atoms with E-state index in [1.54, 1.807) is 0 Å². The van der Waals surface area contributed by atoms with E-state index in [9.17, 15) is 4.79 Å². The van der Waals surface area contributed by atoms with Crippen molar-refractivity contribution in [2.24, 2.45) is 0 Å². The Labute approximate surface area is 123 Å². The van der Waals surface area contributed by atoms with Crippen molar-refractivity contribution in [3.63, 3.8) is 0 Å². The predicted octanol–water partition coefficient (Wildman–Crippen LogP) is 3.21. The highest BCUT2D eigenvalue weighted by atomic mass is 16.2. The summed E-state index contributed by atoms with van der Waals surface area (Å²) >= 11 is 0. The number of nitrogens with one attached hydrogen (secondary N) is 1. The molecule has 0 unspecified atom stereocenters. The zero-order valence-corrected chi connectivity index (χ0v) is 12.9. The van der Waals surface area contributed by atoms with Crippen molar-refractivity contribution in [2.75, 3.05) is 20.1 Å². The summed E-state index contributed by atoms with van der Waals surface area (Å²) in [5.74, 6) is 0.124. The molecule has 0 radical (unpaired) electrons. The number of unbranched alkanes of at least 4 members (excludes halogenated alkanes) is 4. The highest BCUT2D eigenvalue weighted by molar-refractivity contribution is 5.77. The zero-order chi connectivity index (χ0) is 14.6. The maximum absolute atomic E-state index is 11.8. The average molecular weight is 276 g/mol. The summed E-state index contributed by atoms with van der Waals surface area (Å²) in [6.07, 6.45) is 6.15. The number of carbonyl (C=O) groups excluding carboxylic acids is 1. The molecule has 0 aromatic heterocycles. The van der Waals surface area contributed by atoms with Crippen molar-refractivity contribution in [1.29, 1.82) is 0 Å². The highest BCUT2D eigenvalue weighted by Crippen LogP contribution is 2.02. The molecule has 0 aliphatic carbocycles. The third-order valence-corrected chi connectivity index (χ3v) is 3.31. The minimum absolute atomic E-state index is 0.124. The average Bonchev–Trinajstić information content (AvgIpc) is 2.43. The van der Waals surface area contributed by atoms with Crippen LogP contribution in [0.1, 0.15) is 44.6 Å². The molecule has 0 spiro atoms. The van der Waals surface area contributed by atoms with Gasteiger partial charge in [-0.2, -0.15) is 0 Å². The van der Waals surface area contributed by atoms with E-state index < -0.39 is 0 Å². The van der Waals surface area contributed by atoms with E-state index in [0.29, 0.717) is 6.54 Å². The first-order valence-corrected chi connectivity index (χ1v) is 7.71. The van der Waals surface area contributed by atoms with Crippen molar-refractivity contribution in [2.45, 2.75) is 45.6 Å². The largest absolute Gasteiger partial charge is 0.355 e. The van der Waals surface area contributed by atoms with Gasteiger partial charge in [-0.05, 0) is 19.0 Å². The topological polar surface area (TPSA) is 32.3 Å². The number of rotatable bonds is 10. The predicted molar refractivity (Wildman–Crippen MR) is 84.5 cm³/mol. The molecule has 1 N–H and O–H groups in total. The Morgan fingerprint density at radius 1 is 1.10 bits per heavy atom. The third-order valence-electron chi connectivity index (χ3n) is 3.31. The van der Waals surface area contributed by atoms with Crippen LogP contribution < -0.4 is 5.32 Å². The first-order chi connectivity index (χ1) is 9.72. The van der Waals surface area contributed by atoms with Gasteiger partial charge >= 0.3 is 0 Å². The fourth-order valence-corrected chi connectivity index (χ4v) is 2.21. The summed E-state index contributed by atoms with van der Waals surface area (Å²) in [4.78, 5) is 13.8. The molecule has 0 saturated heterocycles. The van der Waals surface area contributed by atoms with Crippen LogP contribution in [0.2, 0.25) is 0 Å². The Bertz CT molecular complexity index is 365. The number of likely N-dealkylation sites (N-methyl/N-ethyl adjacent to an activating group) is 1. The smallest absolute Gasteiger partial charge is 0.234 e. The van der Waals surface area contributed by atoms with E-state index in [1.807, 2.05) is 30.1 Å². The van der Waals surface area contributed by atoms with Crippen LogP contribution in [0.25, 0.3) is 0 Å². The van der Waals surface area contributed by atoms with Gasteiger partial charge in [0.05, 0.1) is 6.54 Å². The lowest BCUT2D eigenvalue weighted by molar-refractivity contribution is -0.122. The van der Waals surface area contributed by atoms with Crippen molar-refractivity contribution < 1.29 is 4.79 Å². The first-order valence-electron chi connectivity index (χ1n) is 7.71. The molecule has 3 heteroatoms. The number of nitrogens with zero attached hydrogens (tertiary/aromatic N) is 1. The molecule has 0 heterocycles. The minimum atomic E-state index is 0.124. The van der Waals surface area contributed by atoms with Gasteiger partial charge in [0.25, 0.3) is 0 Å². The second-order valence-corrected chi connectivity index (χ2v) is 5.42. The molecule has 112 valence electrons. The third kappa shape index (κ3) is 7.95. The molecule has 0 fully saturated rings. The van der Waals surface area contributed by atoms with Crippen molar-refractivity contribution in [1.82, 2.24) is 10.2 Å². The Hall–Kier alpha value is -1.35. The van der Waals surface area contributed by atoms with Gasteiger partial charge in [-0.15, -0.1) is 0 Å². The summed E-state index contributed by atoms with van der Waals surface area (Å²) in [6.45, 7) is 4.29. The van der Waals surface area contributed by atoms with Gasteiger partial charge in [-0.25, -0.2) is 0 Å². The lowest BCUT2D eigenvalue weighted by Crippen LogP contribution is -2.35. The maximum atomic E-state index is 11.8. The molecular formula is C17H28N2O. The van der Waals surface area contributed by atoms with E-state index in [-0.39, 0.29) is 5.91 Å². The highest BCUT2D eigenvalue weighted by Gasteiger charge is 2.06. The molecule has 1 amide bonds. The fraction of sp³-hybridized carbons (Fsp3) is 0.588. The molecule has 0 aliphatic heterocycles. The van der Waals surface area contributed by atoms with Crippen LogP contribution >= 0.6 is 0 Å².